The second kappa shape index (κ2) is 4.36. The third-order valence-corrected chi connectivity index (χ3v) is 1.62. The summed E-state index contributed by atoms with van der Waals surface area (Å²) in [6, 6.07) is 0. The third kappa shape index (κ3) is 5.02. The van der Waals surface area contributed by atoms with Gasteiger partial charge in [0.1, 0.15) is 11.4 Å². The van der Waals surface area contributed by atoms with Gasteiger partial charge >= 0.3 is 0 Å². The van der Waals surface area contributed by atoms with Gasteiger partial charge in [-0.3, -0.25) is 4.79 Å². The van der Waals surface area contributed by atoms with Crippen molar-refractivity contribution >= 4 is 11.6 Å². The lowest BCUT2D eigenvalue weighted by Crippen LogP contribution is -2.30. The first-order valence-electron chi connectivity index (χ1n) is 4.09. The molecule has 0 rings (SSSR count). The average Bonchev–Trinajstić information content (AvgIpc) is 1.84. The second-order valence-electron chi connectivity index (χ2n) is 3.54. The summed E-state index contributed by atoms with van der Waals surface area (Å²) in [5, 5.41) is 9.22. The van der Waals surface area contributed by atoms with E-state index in [4.69, 9.17) is 0 Å². The minimum absolute atomic E-state index is 0.0820. The molecule has 3 nitrogen and oxygen atoms in total. The van der Waals surface area contributed by atoms with Crippen LogP contribution in [-0.2, 0) is 9.59 Å². The van der Waals surface area contributed by atoms with Crippen LogP contribution in [0.15, 0.2) is 0 Å². The molecule has 70 valence electrons. The van der Waals surface area contributed by atoms with Crippen LogP contribution in [0.25, 0.3) is 0 Å². The van der Waals surface area contributed by atoms with Crippen molar-refractivity contribution in [3.05, 3.63) is 0 Å². The molecule has 0 radical (unpaired) electrons. The third-order valence-electron chi connectivity index (χ3n) is 1.62. The van der Waals surface area contributed by atoms with E-state index >= 15 is 0 Å². The summed E-state index contributed by atoms with van der Waals surface area (Å²) in [5.74, 6) is -0.123. The van der Waals surface area contributed by atoms with E-state index in [0.717, 1.165) is 0 Å². The molecule has 12 heavy (non-hydrogen) atoms. The lowest BCUT2D eigenvalue weighted by molar-refractivity contribution is -0.134. The lowest BCUT2D eigenvalue weighted by atomic mass is 9.98. The Labute approximate surface area is 72.8 Å². The van der Waals surface area contributed by atoms with Crippen molar-refractivity contribution in [2.75, 3.05) is 0 Å². The van der Waals surface area contributed by atoms with E-state index in [2.05, 4.69) is 0 Å². The minimum atomic E-state index is -1.25. The van der Waals surface area contributed by atoms with Crippen LogP contribution in [0.3, 0.4) is 0 Å². The SMILES string of the molecule is CC(=O)CCCC(=O)C(C)(C)O. The molecule has 0 spiro atoms. The van der Waals surface area contributed by atoms with Crippen LogP contribution in [0.5, 0.6) is 0 Å². The highest BCUT2D eigenvalue weighted by Crippen LogP contribution is 2.08. The molecule has 0 saturated carbocycles. The van der Waals surface area contributed by atoms with Crippen LogP contribution in [0.2, 0.25) is 0 Å². The molecular weight excluding hydrogens is 156 g/mol. The van der Waals surface area contributed by atoms with Crippen LogP contribution in [0, 0.1) is 0 Å². The normalized spacial score (nSPS) is 11.3. The molecule has 0 fully saturated rings. The number of Topliss-reactive ketones (excluding diaryl/α,β-unsaturated/α-hetero) is 2. The molecule has 1 N–H and O–H groups in total. The van der Waals surface area contributed by atoms with Crippen molar-refractivity contribution in [3.63, 3.8) is 0 Å². The van der Waals surface area contributed by atoms with Crippen molar-refractivity contribution in [2.45, 2.75) is 45.6 Å². The number of rotatable bonds is 5. The van der Waals surface area contributed by atoms with Crippen molar-refractivity contribution in [1.29, 1.82) is 0 Å². The van der Waals surface area contributed by atoms with Crippen LogP contribution in [-0.4, -0.2) is 22.3 Å². The van der Waals surface area contributed by atoms with Crippen LogP contribution < -0.4 is 0 Å². The maximum Gasteiger partial charge on any atom is 0.163 e. The van der Waals surface area contributed by atoms with Gasteiger partial charge in [0, 0.05) is 12.8 Å². The van der Waals surface area contributed by atoms with E-state index in [9.17, 15) is 14.7 Å². The van der Waals surface area contributed by atoms with Crippen LogP contribution in [0.4, 0.5) is 0 Å². The lowest BCUT2D eigenvalue weighted by Gasteiger charge is -2.14. The first-order valence-corrected chi connectivity index (χ1v) is 4.09. The Morgan fingerprint density at radius 2 is 1.75 bits per heavy atom. The fourth-order valence-corrected chi connectivity index (χ4v) is 0.804. The number of hydrogen-bond acceptors (Lipinski definition) is 3. The summed E-state index contributed by atoms with van der Waals surface area (Å²) < 4.78 is 0. The maximum absolute atomic E-state index is 11.1. The van der Waals surface area contributed by atoms with Gasteiger partial charge in [-0.05, 0) is 27.2 Å². The number of carbonyl (C=O) groups is 2. The van der Waals surface area contributed by atoms with Crippen LogP contribution in [0.1, 0.15) is 40.0 Å². The zero-order chi connectivity index (χ0) is 9.78. The predicted octanol–water partition coefficient (Wildman–Crippen LogP) is 1.09. The maximum atomic E-state index is 11.1. The molecular formula is C9H16O3. The molecule has 0 heterocycles. The van der Waals surface area contributed by atoms with E-state index in [1.165, 1.54) is 20.8 Å². The molecule has 3 heteroatoms. The molecule has 0 bridgehead atoms. The van der Waals surface area contributed by atoms with Crippen molar-refractivity contribution in [2.24, 2.45) is 0 Å². The van der Waals surface area contributed by atoms with Gasteiger partial charge in [0.05, 0.1) is 0 Å². The zero-order valence-corrected chi connectivity index (χ0v) is 7.89. The Hall–Kier alpha value is -0.700. The van der Waals surface area contributed by atoms with Gasteiger partial charge in [0.25, 0.3) is 0 Å². The zero-order valence-electron chi connectivity index (χ0n) is 7.89. The number of carbonyl (C=O) groups excluding carboxylic acids is 2. The fraction of sp³-hybridized carbons (Fsp3) is 0.778. The Morgan fingerprint density at radius 1 is 1.25 bits per heavy atom. The second-order valence-corrected chi connectivity index (χ2v) is 3.54. The molecule has 0 amide bonds. The fourth-order valence-electron chi connectivity index (χ4n) is 0.804. The van der Waals surface area contributed by atoms with Gasteiger partial charge in [-0.2, -0.15) is 0 Å². The van der Waals surface area contributed by atoms with Gasteiger partial charge in [-0.1, -0.05) is 0 Å². The Morgan fingerprint density at radius 3 is 2.08 bits per heavy atom. The Kier molecular flexibility index (Phi) is 4.10. The smallest absolute Gasteiger partial charge is 0.163 e. The summed E-state index contributed by atoms with van der Waals surface area (Å²) in [5.41, 5.74) is -1.25. The van der Waals surface area contributed by atoms with Gasteiger partial charge in [-0.25, -0.2) is 0 Å². The van der Waals surface area contributed by atoms with Gasteiger partial charge < -0.3 is 9.90 Å². The molecule has 0 aromatic heterocycles. The van der Waals surface area contributed by atoms with E-state index in [1.54, 1.807) is 0 Å². The Bertz CT molecular complexity index is 177. The van der Waals surface area contributed by atoms with Gasteiger partial charge in [-0.15, -0.1) is 0 Å². The largest absolute Gasteiger partial charge is 0.383 e. The number of hydrogen-bond donors (Lipinski definition) is 1. The van der Waals surface area contributed by atoms with Crippen LogP contribution >= 0.6 is 0 Å². The highest BCUT2D eigenvalue weighted by Gasteiger charge is 2.22. The molecule has 0 unspecified atom stereocenters. The standard InChI is InChI=1S/C9H16O3/c1-7(10)5-4-6-8(11)9(2,3)12/h12H,4-6H2,1-3H3. The van der Waals surface area contributed by atoms with Crippen molar-refractivity contribution < 1.29 is 14.7 Å². The van der Waals surface area contributed by atoms with Crippen molar-refractivity contribution in [1.82, 2.24) is 0 Å². The number of ketones is 2. The summed E-state index contributed by atoms with van der Waals surface area (Å²) in [4.78, 5) is 21.6. The summed E-state index contributed by atoms with van der Waals surface area (Å²) in [6.45, 7) is 4.42. The molecule has 0 saturated heterocycles. The monoisotopic (exact) mass is 172 g/mol. The first kappa shape index (κ1) is 11.3. The first-order chi connectivity index (χ1) is 5.34. The average molecular weight is 172 g/mol. The summed E-state index contributed by atoms with van der Waals surface area (Å²) in [7, 11) is 0. The molecule has 0 aliphatic carbocycles. The van der Waals surface area contributed by atoms with E-state index in [0.29, 0.717) is 12.8 Å². The number of aliphatic hydroxyl groups is 1. The molecule has 0 aromatic rings. The quantitative estimate of drug-likeness (QED) is 0.675. The molecule has 0 aliphatic heterocycles. The highest BCUT2D eigenvalue weighted by molar-refractivity contribution is 5.86. The summed E-state index contributed by atoms with van der Waals surface area (Å²) in [6.07, 6.45) is 1.24. The van der Waals surface area contributed by atoms with Crippen molar-refractivity contribution in [3.8, 4) is 0 Å². The van der Waals surface area contributed by atoms with Gasteiger partial charge in [0.15, 0.2) is 5.78 Å². The topological polar surface area (TPSA) is 54.4 Å². The molecule has 0 aromatic carbocycles. The highest BCUT2D eigenvalue weighted by atomic mass is 16.3. The van der Waals surface area contributed by atoms with Gasteiger partial charge in [0.2, 0.25) is 0 Å². The summed E-state index contributed by atoms with van der Waals surface area (Å²) >= 11 is 0. The van der Waals surface area contributed by atoms with E-state index < -0.39 is 5.60 Å². The van der Waals surface area contributed by atoms with E-state index in [1.807, 2.05) is 0 Å². The Balaban J connectivity index is 3.66. The molecule has 0 atom stereocenters. The predicted molar refractivity (Wildman–Crippen MR) is 45.8 cm³/mol. The minimum Gasteiger partial charge on any atom is -0.383 e. The van der Waals surface area contributed by atoms with E-state index in [-0.39, 0.29) is 18.0 Å². The molecule has 0 aliphatic rings.